The van der Waals surface area contributed by atoms with Crippen LogP contribution in [0, 0.1) is 0 Å². The molecule has 3 aromatic heterocycles. The number of rotatable bonds is 2. The molecule has 12 rings (SSSR count). The van der Waals surface area contributed by atoms with E-state index in [2.05, 4.69) is 201 Å². The zero-order valence-corrected chi connectivity index (χ0v) is 34.0. The Hall–Kier alpha value is -6.04. The molecule has 0 fully saturated rings. The zero-order valence-electron chi connectivity index (χ0n) is 33.2. The number of anilines is 3. The fourth-order valence-electron chi connectivity index (χ4n) is 10.1. The van der Waals surface area contributed by atoms with E-state index in [-0.39, 0.29) is 17.5 Å². The van der Waals surface area contributed by atoms with Gasteiger partial charge in [-0.2, -0.15) is 0 Å². The predicted molar refractivity (Wildman–Crippen MR) is 247 cm³/mol. The van der Waals surface area contributed by atoms with Crippen LogP contribution in [0.3, 0.4) is 0 Å². The van der Waals surface area contributed by atoms with Gasteiger partial charge in [0, 0.05) is 59.2 Å². The van der Waals surface area contributed by atoms with Crippen LogP contribution in [0.25, 0.3) is 65.1 Å². The van der Waals surface area contributed by atoms with Crippen LogP contribution in [0.5, 0.6) is 0 Å². The Labute approximate surface area is 337 Å². The van der Waals surface area contributed by atoms with Gasteiger partial charge in [-0.1, -0.05) is 120 Å². The van der Waals surface area contributed by atoms with Crippen LogP contribution in [0.4, 0.5) is 17.1 Å². The molecular formula is C52H42BN3S. The Bertz CT molecular complexity index is 3310. The summed E-state index contributed by atoms with van der Waals surface area (Å²) in [6.07, 6.45) is 0. The van der Waals surface area contributed by atoms with E-state index in [4.69, 9.17) is 0 Å². The van der Waals surface area contributed by atoms with Crippen molar-refractivity contribution >= 4 is 105 Å². The molecule has 7 aromatic carbocycles. The van der Waals surface area contributed by atoms with Gasteiger partial charge >= 0.3 is 0 Å². The van der Waals surface area contributed by atoms with Crippen LogP contribution in [0.15, 0.2) is 146 Å². The number of fused-ring (bicyclic) bond motifs is 13. The second-order valence-corrected chi connectivity index (χ2v) is 19.3. The van der Waals surface area contributed by atoms with Crippen molar-refractivity contribution in [3.05, 3.63) is 157 Å². The largest absolute Gasteiger partial charge is 0.310 e. The highest BCUT2D eigenvalue weighted by molar-refractivity contribution is 7.34. The van der Waals surface area contributed by atoms with Crippen molar-refractivity contribution in [1.82, 2.24) is 9.13 Å². The van der Waals surface area contributed by atoms with E-state index in [1.807, 2.05) is 11.3 Å². The summed E-state index contributed by atoms with van der Waals surface area (Å²) in [7, 11) is 0. The molecule has 0 spiro atoms. The van der Waals surface area contributed by atoms with Gasteiger partial charge in [-0.3, -0.25) is 0 Å². The molecule has 0 N–H and O–H groups in total. The topological polar surface area (TPSA) is 13.1 Å². The Morgan fingerprint density at radius 2 is 1.05 bits per heavy atom. The number of benzene rings is 7. The maximum Gasteiger partial charge on any atom is 0.267 e. The molecule has 0 atom stereocenters. The van der Waals surface area contributed by atoms with Gasteiger partial charge in [0.25, 0.3) is 6.71 Å². The summed E-state index contributed by atoms with van der Waals surface area (Å²) in [4.78, 5) is 2.60. The van der Waals surface area contributed by atoms with E-state index >= 15 is 0 Å². The summed E-state index contributed by atoms with van der Waals surface area (Å²) >= 11 is 1.99. The normalized spacial score (nSPS) is 13.7. The molecule has 274 valence electrons. The first-order valence-corrected chi connectivity index (χ1v) is 21.0. The third-order valence-electron chi connectivity index (χ3n) is 12.8. The van der Waals surface area contributed by atoms with Crippen LogP contribution in [-0.2, 0) is 10.8 Å². The molecule has 2 aliphatic heterocycles. The number of thiophene rings is 1. The van der Waals surface area contributed by atoms with Crippen molar-refractivity contribution in [1.29, 1.82) is 0 Å². The van der Waals surface area contributed by atoms with Crippen molar-refractivity contribution in [3.63, 3.8) is 0 Å². The standard InChI is InChI=1S/C52H42BN3S/c1-51(2,3)31-23-26-34(27-24-31)55-42-21-14-22-43-45(42)53(50-49(55)39-29-32(52(4,5)6)25-28-44(39)57-50)46-47-37(30-38-36-18-11-13-20-41(36)56(43)48(38)46)35-17-10-12-19-40(35)54(47)33-15-8-7-9-16-33/h7-30H,1-6H3. The van der Waals surface area contributed by atoms with Gasteiger partial charge in [-0.25, -0.2) is 0 Å². The zero-order chi connectivity index (χ0) is 38.5. The number of para-hydroxylation sites is 3. The monoisotopic (exact) mass is 751 g/mol. The molecular weight excluding hydrogens is 709 g/mol. The van der Waals surface area contributed by atoms with Gasteiger partial charge in [0.15, 0.2) is 0 Å². The molecule has 3 nitrogen and oxygen atoms in total. The van der Waals surface area contributed by atoms with Crippen LogP contribution < -0.4 is 20.6 Å². The predicted octanol–water partition coefficient (Wildman–Crippen LogP) is 12.3. The van der Waals surface area contributed by atoms with E-state index in [0.717, 1.165) is 0 Å². The summed E-state index contributed by atoms with van der Waals surface area (Å²) in [6, 6.07) is 55.2. The Balaban J connectivity index is 1.30. The molecule has 0 unspecified atom stereocenters. The average molecular weight is 752 g/mol. The molecule has 2 aliphatic rings. The number of hydrogen-bond acceptors (Lipinski definition) is 2. The first-order chi connectivity index (χ1) is 27.6. The van der Waals surface area contributed by atoms with Crippen LogP contribution >= 0.6 is 11.3 Å². The quantitative estimate of drug-likeness (QED) is 0.160. The van der Waals surface area contributed by atoms with Crippen molar-refractivity contribution < 1.29 is 0 Å². The molecule has 0 radical (unpaired) electrons. The minimum atomic E-state index is 0.0153. The number of nitrogens with zero attached hydrogens (tertiary/aromatic N) is 3. The van der Waals surface area contributed by atoms with E-state index in [1.165, 1.54) is 109 Å². The summed E-state index contributed by atoms with van der Waals surface area (Å²) in [5, 5.41) is 6.53. The molecule has 5 heteroatoms. The molecule has 10 aromatic rings. The molecule has 0 saturated carbocycles. The molecule has 5 heterocycles. The highest BCUT2D eigenvalue weighted by Gasteiger charge is 2.46. The summed E-state index contributed by atoms with van der Waals surface area (Å²) < 4.78 is 7.89. The van der Waals surface area contributed by atoms with Gasteiger partial charge in [-0.05, 0) is 99.6 Å². The van der Waals surface area contributed by atoms with E-state index in [1.54, 1.807) is 0 Å². The van der Waals surface area contributed by atoms with Crippen molar-refractivity contribution in [3.8, 4) is 11.4 Å². The lowest BCUT2D eigenvalue weighted by molar-refractivity contribution is 0.590. The van der Waals surface area contributed by atoms with Crippen molar-refractivity contribution in [2.24, 2.45) is 0 Å². The maximum absolute atomic E-state index is 2.60. The van der Waals surface area contributed by atoms with Gasteiger partial charge in [0.1, 0.15) is 0 Å². The van der Waals surface area contributed by atoms with E-state index in [0.29, 0.717) is 0 Å². The van der Waals surface area contributed by atoms with E-state index < -0.39 is 0 Å². The molecule has 57 heavy (non-hydrogen) atoms. The number of hydrogen-bond donors (Lipinski definition) is 0. The van der Waals surface area contributed by atoms with Crippen LogP contribution in [-0.4, -0.2) is 15.8 Å². The minimum Gasteiger partial charge on any atom is -0.310 e. The lowest BCUT2D eigenvalue weighted by Gasteiger charge is -2.39. The Kier molecular flexibility index (Phi) is 6.57. The first kappa shape index (κ1) is 33.1. The SMILES string of the molecule is CC(C)(C)c1ccc(N2c3cccc4c3B(c3sc5ccc(C(C)(C)C)cc5c32)c2c3c(cc5c6ccccc6n-4c25)c2ccccc2n3-c2ccccc2)cc1. The molecule has 0 aliphatic carbocycles. The third-order valence-corrected chi connectivity index (χ3v) is 14.0. The molecule has 0 saturated heterocycles. The lowest BCUT2D eigenvalue weighted by Crippen LogP contribution is -2.59. The highest BCUT2D eigenvalue weighted by atomic mass is 32.1. The van der Waals surface area contributed by atoms with Crippen molar-refractivity contribution in [2.45, 2.75) is 52.4 Å². The Morgan fingerprint density at radius 1 is 0.456 bits per heavy atom. The van der Waals surface area contributed by atoms with Gasteiger partial charge in [0.2, 0.25) is 0 Å². The lowest BCUT2D eigenvalue weighted by atomic mass is 9.36. The summed E-state index contributed by atoms with van der Waals surface area (Å²) in [6.45, 7) is 13.9. The molecule has 0 amide bonds. The number of aromatic nitrogens is 2. The summed E-state index contributed by atoms with van der Waals surface area (Å²) in [5.74, 6) is 0. The summed E-state index contributed by atoms with van der Waals surface area (Å²) in [5.41, 5.74) is 16.9. The van der Waals surface area contributed by atoms with Gasteiger partial charge < -0.3 is 14.0 Å². The Morgan fingerprint density at radius 3 is 1.74 bits per heavy atom. The fraction of sp³-hybridized carbons (Fsp3) is 0.154. The highest BCUT2D eigenvalue weighted by Crippen LogP contribution is 2.48. The van der Waals surface area contributed by atoms with Gasteiger partial charge in [0.05, 0.1) is 27.8 Å². The first-order valence-electron chi connectivity index (χ1n) is 20.2. The molecule has 0 bridgehead atoms. The van der Waals surface area contributed by atoms with Crippen molar-refractivity contribution in [2.75, 3.05) is 4.90 Å². The second kappa shape index (κ2) is 11.3. The third kappa shape index (κ3) is 4.44. The second-order valence-electron chi connectivity index (χ2n) is 18.2. The maximum atomic E-state index is 2.60. The smallest absolute Gasteiger partial charge is 0.267 e. The van der Waals surface area contributed by atoms with Crippen LogP contribution in [0.2, 0.25) is 0 Å². The average Bonchev–Trinajstić information content (AvgIpc) is 3.87. The minimum absolute atomic E-state index is 0.0153. The van der Waals surface area contributed by atoms with Gasteiger partial charge in [-0.15, -0.1) is 11.3 Å². The fourth-order valence-corrected chi connectivity index (χ4v) is 11.4. The van der Waals surface area contributed by atoms with E-state index in [9.17, 15) is 0 Å². The van der Waals surface area contributed by atoms with Crippen LogP contribution in [0.1, 0.15) is 52.7 Å².